The Morgan fingerprint density at radius 2 is 1.86 bits per heavy atom. The molecule has 2 aromatic rings. The van der Waals surface area contributed by atoms with Crippen LogP contribution in [-0.2, 0) is 4.74 Å². The Morgan fingerprint density at radius 3 is 2.57 bits per heavy atom. The van der Waals surface area contributed by atoms with Crippen molar-refractivity contribution in [3.05, 3.63) is 81.2 Å². The van der Waals surface area contributed by atoms with Crippen molar-refractivity contribution in [2.75, 3.05) is 6.54 Å². The molecule has 1 aliphatic rings. The molecular weight excluding hydrogens is 273 g/mol. The molecule has 5 heteroatoms. The van der Waals surface area contributed by atoms with Crippen molar-refractivity contribution in [1.82, 2.24) is 0 Å². The van der Waals surface area contributed by atoms with Crippen LogP contribution >= 0.6 is 0 Å². The summed E-state index contributed by atoms with van der Waals surface area (Å²) in [5.74, 6) is 0.179. The Kier molecular flexibility index (Phi) is 3.39. The molecule has 106 valence electrons. The highest BCUT2D eigenvalue weighted by Crippen LogP contribution is 2.35. The zero-order chi connectivity index (χ0) is 14.8. The molecule has 4 nitrogen and oxygen atoms in total. The first-order chi connectivity index (χ1) is 10.1. The molecule has 0 radical (unpaired) electrons. The van der Waals surface area contributed by atoms with Crippen LogP contribution in [0.15, 0.2) is 48.5 Å². The third kappa shape index (κ3) is 2.76. The third-order valence-corrected chi connectivity index (χ3v) is 3.34. The Morgan fingerprint density at radius 1 is 1.14 bits per heavy atom. The van der Waals surface area contributed by atoms with E-state index >= 15 is 0 Å². The number of fused-ring (bicyclic) bond motifs is 1. The summed E-state index contributed by atoms with van der Waals surface area (Å²) in [5, 5.41) is 10.8. The molecule has 3 rings (SSSR count). The number of nitro groups is 1. The van der Waals surface area contributed by atoms with Crippen molar-refractivity contribution >= 4 is 11.8 Å². The lowest BCUT2D eigenvalue weighted by Crippen LogP contribution is -2.18. The summed E-state index contributed by atoms with van der Waals surface area (Å²) < 4.78 is 18.7. The minimum absolute atomic E-state index is 0.310. The molecule has 0 fully saturated rings. The van der Waals surface area contributed by atoms with Gasteiger partial charge in [-0.3, -0.25) is 10.1 Å². The molecule has 2 aromatic carbocycles. The van der Waals surface area contributed by atoms with Crippen LogP contribution < -0.4 is 0 Å². The molecule has 21 heavy (non-hydrogen) atoms. The summed E-state index contributed by atoms with van der Waals surface area (Å²) >= 11 is 0. The summed E-state index contributed by atoms with van der Waals surface area (Å²) in [7, 11) is 0. The molecule has 0 N–H and O–H groups in total. The highest BCUT2D eigenvalue weighted by atomic mass is 19.1. The van der Waals surface area contributed by atoms with E-state index in [-0.39, 0.29) is 12.4 Å². The van der Waals surface area contributed by atoms with Gasteiger partial charge in [-0.25, -0.2) is 4.39 Å². The minimum Gasteiger partial charge on any atom is -0.478 e. The predicted molar refractivity (Wildman–Crippen MR) is 76.4 cm³/mol. The minimum atomic E-state index is -0.638. The Bertz CT molecular complexity index is 710. The van der Waals surface area contributed by atoms with Crippen molar-refractivity contribution in [1.29, 1.82) is 0 Å². The van der Waals surface area contributed by atoms with E-state index in [1.54, 1.807) is 12.1 Å². The van der Waals surface area contributed by atoms with Crippen LogP contribution in [-0.4, -0.2) is 11.5 Å². The second-order valence-corrected chi connectivity index (χ2v) is 4.77. The van der Waals surface area contributed by atoms with E-state index in [1.165, 1.54) is 12.1 Å². The number of hydrogen-bond acceptors (Lipinski definition) is 3. The van der Waals surface area contributed by atoms with Gasteiger partial charge in [0.15, 0.2) is 6.10 Å². The maximum Gasteiger partial charge on any atom is 0.244 e. The lowest BCUT2D eigenvalue weighted by atomic mass is 9.97. The zero-order valence-corrected chi connectivity index (χ0v) is 11.0. The van der Waals surface area contributed by atoms with Gasteiger partial charge in [0.2, 0.25) is 6.54 Å². The van der Waals surface area contributed by atoms with E-state index in [1.807, 2.05) is 30.3 Å². The van der Waals surface area contributed by atoms with Crippen molar-refractivity contribution < 1.29 is 14.1 Å². The van der Waals surface area contributed by atoms with E-state index in [9.17, 15) is 14.5 Å². The van der Waals surface area contributed by atoms with Gasteiger partial charge in [-0.1, -0.05) is 24.3 Å². The van der Waals surface area contributed by atoms with Crippen LogP contribution in [0.2, 0.25) is 0 Å². The molecule has 1 aliphatic heterocycles. The summed E-state index contributed by atoms with van der Waals surface area (Å²) in [6.45, 7) is -0.310. The van der Waals surface area contributed by atoms with Crippen LogP contribution in [0.4, 0.5) is 4.39 Å². The summed E-state index contributed by atoms with van der Waals surface area (Å²) in [6.07, 6.45) is 1.18. The largest absolute Gasteiger partial charge is 0.478 e. The normalized spacial score (nSPS) is 16.6. The molecule has 0 saturated heterocycles. The topological polar surface area (TPSA) is 52.4 Å². The van der Waals surface area contributed by atoms with E-state index in [2.05, 4.69) is 0 Å². The van der Waals surface area contributed by atoms with Crippen molar-refractivity contribution in [2.24, 2.45) is 0 Å². The van der Waals surface area contributed by atoms with Gasteiger partial charge in [0.05, 0.1) is 0 Å². The highest BCUT2D eigenvalue weighted by molar-refractivity contribution is 5.80. The van der Waals surface area contributed by atoms with Gasteiger partial charge in [0.1, 0.15) is 11.6 Å². The average molecular weight is 285 g/mol. The Hall–Kier alpha value is -2.69. The van der Waals surface area contributed by atoms with Crippen molar-refractivity contribution in [3.63, 3.8) is 0 Å². The van der Waals surface area contributed by atoms with Crippen molar-refractivity contribution in [2.45, 2.75) is 6.10 Å². The van der Waals surface area contributed by atoms with Crippen LogP contribution in [0.1, 0.15) is 22.8 Å². The molecule has 0 spiro atoms. The molecule has 1 heterocycles. The SMILES string of the molecule is O=[N+]([O-])CC1OC(c2ccc(F)cc2)=Cc2ccccc21. The Labute approximate surface area is 120 Å². The molecule has 0 bridgehead atoms. The fraction of sp³-hybridized carbons (Fsp3) is 0.125. The third-order valence-electron chi connectivity index (χ3n) is 3.34. The molecule has 1 atom stereocenters. The van der Waals surface area contributed by atoms with E-state index < -0.39 is 11.0 Å². The molecule has 0 amide bonds. The van der Waals surface area contributed by atoms with Crippen LogP contribution in [0.3, 0.4) is 0 Å². The lowest BCUT2D eigenvalue weighted by molar-refractivity contribution is -0.491. The smallest absolute Gasteiger partial charge is 0.244 e. The number of hydrogen-bond donors (Lipinski definition) is 0. The average Bonchev–Trinajstić information content (AvgIpc) is 2.47. The van der Waals surface area contributed by atoms with Gasteiger partial charge in [-0.15, -0.1) is 0 Å². The highest BCUT2D eigenvalue weighted by Gasteiger charge is 2.27. The number of nitrogens with zero attached hydrogens (tertiary/aromatic N) is 1. The maximum atomic E-state index is 13.0. The first-order valence-electron chi connectivity index (χ1n) is 6.48. The van der Waals surface area contributed by atoms with Gasteiger partial charge < -0.3 is 4.74 Å². The number of halogens is 1. The zero-order valence-electron chi connectivity index (χ0n) is 11.0. The van der Waals surface area contributed by atoms with E-state index in [4.69, 9.17) is 4.74 Å². The first kappa shape index (κ1) is 13.3. The molecule has 0 aromatic heterocycles. The monoisotopic (exact) mass is 285 g/mol. The molecule has 0 aliphatic carbocycles. The number of benzene rings is 2. The van der Waals surface area contributed by atoms with Crippen molar-refractivity contribution in [3.8, 4) is 0 Å². The Balaban J connectivity index is 2.02. The fourth-order valence-electron chi connectivity index (χ4n) is 2.36. The molecule has 1 unspecified atom stereocenters. The summed E-state index contributed by atoms with van der Waals surface area (Å²) in [5.41, 5.74) is 2.37. The standard InChI is InChI=1S/C16H12FNO3/c17-13-7-5-11(6-8-13)15-9-12-3-1-2-4-14(12)16(21-15)10-18(19)20/h1-9,16H,10H2. The number of rotatable bonds is 3. The van der Waals surface area contributed by atoms with Gasteiger partial charge in [0, 0.05) is 16.1 Å². The van der Waals surface area contributed by atoms with Crippen LogP contribution in [0.25, 0.3) is 11.8 Å². The van der Waals surface area contributed by atoms with Gasteiger partial charge >= 0.3 is 0 Å². The van der Waals surface area contributed by atoms with Gasteiger partial charge in [0.25, 0.3) is 0 Å². The fourth-order valence-corrected chi connectivity index (χ4v) is 2.36. The summed E-state index contributed by atoms with van der Waals surface area (Å²) in [6, 6.07) is 13.3. The second kappa shape index (κ2) is 5.36. The quantitative estimate of drug-likeness (QED) is 0.638. The van der Waals surface area contributed by atoms with E-state index in [0.717, 1.165) is 11.1 Å². The molecule has 0 saturated carbocycles. The van der Waals surface area contributed by atoms with E-state index in [0.29, 0.717) is 11.3 Å². The summed E-state index contributed by atoms with van der Waals surface area (Å²) in [4.78, 5) is 10.4. The second-order valence-electron chi connectivity index (χ2n) is 4.77. The molecular formula is C16H12FNO3. The van der Waals surface area contributed by atoms with Crippen LogP contribution in [0.5, 0.6) is 0 Å². The van der Waals surface area contributed by atoms with Crippen LogP contribution in [0, 0.1) is 15.9 Å². The first-order valence-corrected chi connectivity index (χ1v) is 6.48. The predicted octanol–water partition coefficient (Wildman–Crippen LogP) is 3.67. The maximum absolute atomic E-state index is 13.0. The van der Waals surface area contributed by atoms with Gasteiger partial charge in [-0.2, -0.15) is 0 Å². The lowest BCUT2D eigenvalue weighted by Gasteiger charge is -2.24. The number of ether oxygens (including phenoxy) is 1. The van der Waals surface area contributed by atoms with Gasteiger partial charge in [-0.05, 0) is 35.9 Å².